The lowest BCUT2D eigenvalue weighted by Crippen LogP contribution is -2.39. The molecule has 2 atom stereocenters. The molecule has 1 aromatic carbocycles. The van der Waals surface area contributed by atoms with Crippen LogP contribution in [0.5, 0.6) is 0 Å². The molecule has 0 spiro atoms. The highest BCUT2D eigenvalue weighted by molar-refractivity contribution is 7.99. The molecule has 3 fully saturated rings. The third-order valence-electron chi connectivity index (χ3n) is 5.91. The summed E-state index contributed by atoms with van der Waals surface area (Å²) >= 11 is 2.01. The van der Waals surface area contributed by atoms with Gasteiger partial charge < -0.3 is 15.4 Å². The van der Waals surface area contributed by atoms with Crippen molar-refractivity contribution < 1.29 is 9.53 Å². The minimum atomic E-state index is 0. The Balaban J connectivity index is 0.00000210. The average Bonchev–Trinajstić information content (AvgIpc) is 2.99. The minimum Gasteiger partial charge on any atom is -0.381 e. The third-order valence-corrected chi connectivity index (χ3v) is 7.35. The zero-order valence-electron chi connectivity index (χ0n) is 15.8. The fourth-order valence-electron chi connectivity index (χ4n) is 4.61. The van der Waals surface area contributed by atoms with Gasteiger partial charge in [-0.25, -0.2) is 0 Å². The Labute approximate surface area is 173 Å². The molecular weight excluding hydrogens is 380 g/mol. The van der Waals surface area contributed by atoms with Crippen LogP contribution in [0.4, 0.5) is 5.69 Å². The second-order valence-corrected chi connectivity index (χ2v) is 9.34. The summed E-state index contributed by atoms with van der Waals surface area (Å²) in [5.41, 5.74) is 2.23. The number of anilines is 1. The van der Waals surface area contributed by atoms with Crippen molar-refractivity contribution in [1.82, 2.24) is 5.32 Å². The number of nitrogens with one attached hydrogen (secondary N) is 2. The first kappa shape index (κ1) is 21.0. The van der Waals surface area contributed by atoms with Crippen molar-refractivity contribution in [2.75, 3.05) is 18.5 Å². The predicted octanol–water partition coefficient (Wildman–Crippen LogP) is 4.38. The number of carbonyl (C=O) groups excluding carboxylic acids is 1. The molecular formula is C21H31ClN2O2S. The van der Waals surface area contributed by atoms with Gasteiger partial charge in [0.2, 0.25) is 5.91 Å². The second kappa shape index (κ2) is 10.1. The monoisotopic (exact) mass is 410 g/mol. The molecule has 1 aromatic rings. The van der Waals surface area contributed by atoms with E-state index in [-0.39, 0.29) is 18.3 Å². The number of amides is 1. The number of piperidine rings is 1. The third kappa shape index (κ3) is 6.11. The van der Waals surface area contributed by atoms with Crippen LogP contribution >= 0.6 is 24.2 Å². The van der Waals surface area contributed by atoms with Gasteiger partial charge in [-0.15, -0.1) is 12.4 Å². The lowest BCUT2D eigenvalue weighted by molar-refractivity contribution is -0.117. The number of benzene rings is 1. The Morgan fingerprint density at radius 3 is 2.63 bits per heavy atom. The summed E-state index contributed by atoms with van der Waals surface area (Å²) in [4.78, 5) is 12.5. The SMILES string of the molecule is Cl.O=C(CC1CC2CCC(C1)N2)Nc1cccc(CSC2CCOCC2)c1. The molecule has 2 bridgehead atoms. The Kier molecular flexibility index (Phi) is 7.88. The van der Waals surface area contributed by atoms with Crippen LogP contribution in [-0.2, 0) is 15.3 Å². The molecule has 3 saturated heterocycles. The smallest absolute Gasteiger partial charge is 0.224 e. The van der Waals surface area contributed by atoms with Crippen LogP contribution in [0.25, 0.3) is 0 Å². The number of hydrogen-bond donors (Lipinski definition) is 2. The van der Waals surface area contributed by atoms with Crippen LogP contribution in [-0.4, -0.2) is 36.5 Å². The maximum absolute atomic E-state index is 12.5. The molecule has 3 aliphatic heterocycles. The van der Waals surface area contributed by atoms with Gasteiger partial charge in [0.05, 0.1) is 0 Å². The molecule has 1 amide bonds. The Morgan fingerprint density at radius 1 is 1.15 bits per heavy atom. The van der Waals surface area contributed by atoms with Crippen molar-refractivity contribution in [2.45, 2.75) is 68.0 Å². The van der Waals surface area contributed by atoms with Crippen molar-refractivity contribution >= 4 is 35.8 Å². The van der Waals surface area contributed by atoms with Gasteiger partial charge in [0, 0.05) is 48.4 Å². The fourth-order valence-corrected chi connectivity index (χ4v) is 5.75. The van der Waals surface area contributed by atoms with Crippen molar-refractivity contribution in [3.8, 4) is 0 Å². The molecule has 3 aliphatic rings. The van der Waals surface area contributed by atoms with Gasteiger partial charge in [0.1, 0.15) is 0 Å². The van der Waals surface area contributed by atoms with E-state index in [0.29, 0.717) is 29.7 Å². The van der Waals surface area contributed by atoms with Crippen molar-refractivity contribution in [1.29, 1.82) is 0 Å². The fraction of sp³-hybridized carbons (Fsp3) is 0.667. The number of hydrogen-bond acceptors (Lipinski definition) is 4. The Bertz CT molecular complexity index is 612. The summed E-state index contributed by atoms with van der Waals surface area (Å²) in [5, 5.41) is 7.48. The van der Waals surface area contributed by atoms with Gasteiger partial charge >= 0.3 is 0 Å². The molecule has 3 heterocycles. The molecule has 2 unspecified atom stereocenters. The average molecular weight is 411 g/mol. The van der Waals surface area contributed by atoms with Gasteiger partial charge in [0.15, 0.2) is 0 Å². The maximum atomic E-state index is 12.5. The molecule has 2 N–H and O–H groups in total. The number of thioether (sulfide) groups is 1. The normalized spacial score (nSPS) is 27.8. The van der Waals surface area contributed by atoms with E-state index in [9.17, 15) is 4.79 Å². The number of carbonyl (C=O) groups is 1. The Hall–Kier alpha value is -0.750. The lowest BCUT2D eigenvalue weighted by Gasteiger charge is -2.28. The van der Waals surface area contributed by atoms with Gasteiger partial charge in [-0.2, -0.15) is 11.8 Å². The standard InChI is InChI=1S/C21H30N2O2S.ClH/c24-21(13-16-11-18-4-5-19(12-16)22-18)23-17-3-1-2-15(10-17)14-26-20-6-8-25-9-7-20;/h1-3,10,16,18-20,22H,4-9,11-14H2,(H,23,24);1H. The van der Waals surface area contributed by atoms with Crippen LogP contribution in [0.3, 0.4) is 0 Å². The first-order valence-electron chi connectivity index (χ1n) is 10.1. The van der Waals surface area contributed by atoms with Crippen LogP contribution in [0.15, 0.2) is 24.3 Å². The first-order valence-corrected chi connectivity index (χ1v) is 11.1. The highest BCUT2D eigenvalue weighted by Gasteiger charge is 2.34. The van der Waals surface area contributed by atoms with E-state index < -0.39 is 0 Å². The second-order valence-electron chi connectivity index (χ2n) is 8.05. The highest BCUT2D eigenvalue weighted by atomic mass is 35.5. The van der Waals surface area contributed by atoms with Crippen LogP contribution in [0, 0.1) is 5.92 Å². The number of fused-ring (bicyclic) bond motifs is 2. The van der Waals surface area contributed by atoms with E-state index in [4.69, 9.17) is 4.74 Å². The predicted molar refractivity (Wildman–Crippen MR) is 115 cm³/mol. The van der Waals surface area contributed by atoms with Crippen LogP contribution in [0.1, 0.15) is 50.5 Å². The Morgan fingerprint density at radius 2 is 1.89 bits per heavy atom. The molecule has 0 saturated carbocycles. The van der Waals surface area contributed by atoms with Crippen LogP contribution in [0.2, 0.25) is 0 Å². The molecule has 6 heteroatoms. The topological polar surface area (TPSA) is 50.4 Å². The van der Waals surface area contributed by atoms with Gasteiger partial charge in [-0.1, -0.05) is 12.1 Å². The summed E-state index contributed by atoms with van der Waals surface area (Å²) in [5.74, 6) is 1.72. The molecule has 27 heavy (non-hydrogen) atoms. The van der Waals surface area contributed by atoms with Gasteiger partial charge in [0.25, 0.3) is 0 Å². The van der Waals surface area contributed by atoms with E-state index in [1.54, 1.807) is 0 Å². The zero-order valence-corrected chi connectivity index (χ0v) is 17.5. The molecule has 0 aromatic heterocycles. The van der Waals surface area contributed by atoms with Gasteiger partial charge in [-0.3, -0.25) is 4.79 Å². The largest absolute Gasteiger partial charge is 0.381 e. The number of ether oxygens (including phenoxy) is 1. The van der Waals surface area contributed by atoms with E-state index in [1.807, 2.05) is 17.8 Å². The summed E-state index contributed by atoms with van der Waals surface area (Å²) in [6.07, 6.45) is 7.86. The van der Waals surface area contributed by atoms with E-state index in [2.05, 4.69) is 28.8 Å². The quantitative estimate of drug-likeness (QED) is 0.730. The van der Waals surface area contributed by atoms with E-state index in [1.165, 1.54) is 18.4 Å². The van der Waals surface area contributed by atoms with Crippen molar-refractivity contribution in [3.63, 3.8) is 0 Å². The summed E-state index contributed by atoms with van der Waals surface area (Å²) in [7, 11) is 0. The van der Waals surface area contributed by atoms with Crippen LogP contribution < -0.4 is 10.6 Å². The molecule has 0 aliphatic carbocycles. The molecule has 150 valence electrons. The minimum absolute atomic E-state index is 0. The van der Waals surface area contributed by atoms with E-state index in [0.717, 1.165) is 50.3 Å². The zero-order chi connectivity index (χ0) is 17.8. The molecule has 4 rings (SSSR count). The maximum Gasteiger partial charge on any atom is 0.224 e. The van der Waals surface area contributed by atoms with Gasteiger partial charge in [-0.05, 0) is 62.1 Å². The number of halogens is 1. The number of rotatable bonds is 6. The van der Waals surface area contributed by atoms with Crippen molar-refractivity contribution in [3.05, 3.63) is 29.8 Å². The first-order chi connectivity index (χ1) is 12.7. The van der Waals surface area contributed by atoms with E-state index >= 15 is 0 Å². The molecule has 4 nitrogen and oxygen atoms in total. The lowest BCUT2D eigenvalue weighted by atomic mass is 9.89. The molecule has 0 radical (unpaired) electrons. The summed E-state index contributed by atoms with van der Waals surface area (Å²) in [6, 6.07) is 9.66. The summed E-state index contributed by atoms with van der Waals surface area (Å²) < 4.78 is 5.43. The summed E-state index contributed by atoms with van der Waals surface area (Å²) in [6.45, 7) is 1.79. The highest BCUT2D eigenvalue weighted by Crippen LogP contribution is 2.33. The van der Waals surface area contributed by atoms with Crippen molar-refractivity contribution in [2.24, 2.45) is 5.92 Å².